The highest BCUT2D eigenvalue weighted by Crippen LogP contribution is 2.25. The first kappa shape index (κ1) is 14.0. The largest absolute Gasteiger partial charge is 0.508 e. The summed E-state index contributed by atoms with van der Waals surface area (Å²) in [6.45, 7) is -0.514. The maximum absolute atomic E-state index is 9.75. The number of aromatic hydroxyl groups is 1. The average Bonchev–Trinajstić information content (AvgIpc) is 2.42. The lowest BCUT2D eigenvalue weighted by atomic mass is 9.99. The maximum Gasteiger partial charge on any atom is 0.229 e. The first-order chi connectivity index (χ1) is 9.02. The molecule has 1 fully saturated rings. The molecule has 0 spiro atoms. The van der Waals surface area contributed by atoms with E-state index < -0.39 is 37.3 Å². The predicted octanol–water partition coefficient (Wildman–Crippen LogP) is -1.43. The number of ether oxygens (including phenoxy) is 2. The molecule has 19 heavy (non-hydrogen) atoms. The van der Waals surface area contributed by atoms with E-state index in [9.17, 15) is 15.3 Å². The Morgan fingerprint density at radius 3 is 2.21 bits per heavy atom. The molecule has 1 aliphatic rings. The van der Waals surface area contributed by atoms with Crippen molar-refractivity contribution in [1.82, 2.24) is 0 Å². The van der Waals surface area contributed by atoms with E-state index in [2.05, 4.69) is 0 Å². The first-order valence-electron chi connectivity index (χ1n) is 5.79. The van der Waals surface area contributed by atoms with E-state index in [1.54, 1.807) is 0 Å². The molecule has 0 saturated carbocycles. The van der Waals surface area contributed by atoms with Gasteiger partial charge in [-0.3, -0.25) is 0 Å². The summed E-state index contributed by atoms with van der Waals surface area (Å²) in [5.41, 5.74) is 0. The molecule has 5 N–H and O–H groups in total. The molecule has 1 aromatic carbocycles. The topological polar surface area (TPSA) is 120 Å². The summed E-state index contributed by atoms with van der Waals surface area (Å²) in [4.78, 5) is 0. The van der Waals surface area contributed by atoms with E-state index in [1.165, 1.54) is 24.3 Å². The predicted molar refractivity (Wildman–Crippen MR) is 62.5 cm³/mol. The van der Waals surface area contributed by atoms with E-state index in [0.717, 1.165) is 0 Å². The average molecular weight is 272 g/mol. The Morgan fingerprint density at radius 1 is 1.00 bits per heavy atom. The molecule has 2 rings (SSSR count). The molecule has 7 heteroatoms. The third-order valence-electron chi connectivity index (χ3n) is 2.94. The molecule has 1 aliphatic heterocycles. The number of rotatable bonds is 3. The van der Waals surface area contributed by atoms with Crippen LogP contribution in [-0.4, -0.2) is 62.8 Å². The fourth-order valence-corrected chi connectivity index (χ4v) is 1.82. The number of phenolic OH excluding ortho intramolecular Hbond substituents is 1. The van der Waals surface area contributed by atoms with Gasteiger partial charge in [0.05, 0.1) is 6.61 Å². The van der Waals surface area contributed by atoms with Gasteiger partial charge in [0.25, 0.3) is 0 Å². The number of aliphatic hydroxyl groups excluding tert-OH is 4. The van der Waals surface area contributed by atoms with Crippen LogP contribution in [0.2, 0.25) is 0 Å². The van der Waals surface area contributed by atoms with E-state index in [4.69, 9.17) is 19.7 Å². The minimum absolute atomic E-state index is 0.0566. The molecule has 7 nitrogen and oxygen atoms in total. The molecule has 0 aliphatic carbocycles. The van der Waals surface area contributed by atoms with E-state index in [-0.39, 0.29) is 5.75 Å². The normalized spacial score (nSPS) is 35.1. The van der Waals surface area contributed by atoms with Crippen LogP contribution in [0.4, 0.5) is 0 Å². The molecule has 5 atom stereocenters. The van der Waals surface area contributed by atoms with Crippen molar-refractivity contribution >= 4 is 0 Å². The van der Waals surface area contributed by atoms with Crippen LogP contribution in [-0.2, 0) is 4.74 Å². The number of hydrogen-bond acceptors (Lipinski definition) is 7. The van der Waals surface area contributed by atoms with Gasteiger partial charge >= 0.3 is 0 Å². The Balaban J connectivity index is 2.08. The highest BCUT2D eigenvalue weighted by atomic mass is 16.7. The van der Waals surface area contributed by atoms with Crippen LogP contribution >= 0.6 is 0 Å². The quantitative estimate of drug-likeness (QED) is 0.457. The molecule has 1 heterocycles. The van der Waals surface area contributed by atoms with Crippen LogP contribution < -0.4 is 4.74 Å². The van der Waals surface area contributed by atoms with Crippen molar-refractivity contribution in [3.05, 3.63) is 24.3 Å². The summed E-state index contributed by atoms with van der Waals surface area (Å²) in [5, 5.41) is 47.1. The molecule has 0 amide bonds. The summed E-state index contributed by atoms with van der Waals surface area (Å²) < 4.78 is 10.5. The van der Waals surface area contributed by atoms with E-state index in [1.807, 2.05) is 0 Å². The molecule has 0 bridgehead atoms. The van der Waals surface area contributed by atoms with Crippen molar-refractivity contribution in [2.75, 3.05) is 6.61 Å². The summed E-state index contributed by atoms with van der Waals surface area (Å²) in [6, 6.07) is 5.69. The lowest BCUT2D eigenvalue weighted by molar-refractivity contribution is -0.277. The van der Waals surface area contributed by atoms with Crippen molar-refractivity contribution in [1.29, 1.82) is 0 Å². The van der Waals surface area contributed by atoms with Gasteiger partial charge in [-0.15, -0.1) is 0 Å². The smallest absolute Gasteiger partial charge is 0.229 e. The van der Waals surface area contributed by atoms with Gasteiger partial charge in [0, 0.05) is 0 Å². The first-order valence-corrected chi connectivity index (χ1v) is 5.79. The van der Waals surface area contributed by atoms with Gasteiger partial charge < -0.3 is 35.0 Å². The van der Waals surface area contributed by atoms with Crippen molar-refractivity contribution in [2.45, 2.75) is 30.7 Å². The lowest BCUT2D eigenvalue weighted by Gasteiger charge is -2.39. The summed E-state index contributed by atoms with van der Waals surface area (Å²) in [6.07, 6.45) is -6.58. The Morgan fingerprint density at radius 2 is 1.63 bits per heavy atom. The summed E-state index contributed by atoms with van der Waals surface area (Å²) in [7, 11) is 0. The van der Waals surface area contributed by atoms with Crippen molar-refractivity contribution in [3.8, 4) is 11.5 Å². The molecule has 0 aromatic heterocycles. The SMILES string of the molecule is OC[C@H]1O[C@@H](Oc2ccc(O)cc2)[C@H](O)[C@@H](O)[C@H]1O. The molecule has 0 radical (unpaired) electrons. The van der Waals surface area contributed by atoms with Gasteiger partial charge in [0.1, 0.15) is 35.9 Å². The zero-order chi connectivity index (χ0) is 14.0. The Hall–Kier alpha value is -1.38. The third-order valence-corrected chi connectivity index (χ3v) is 2.94. The zero-order valence-electron chi connectivity index (χ0n) is 9.96. The molecule has 106 valence electrons. The van der Waals surface area contributed by atoms with Crippen LogP contribution in [0.3, 0.4) is 0 Å². The van der Waals surface area contributed by atoms with Crippen LogP contribution in [0.1, 0.15) is 0 Å². The van der Waals surface area contributed by atoms with Gasteiger partial charge in [0.15, 0.2) is 0 Å². The van der Waals surface area contributed by atoms with Gasteiger partial charge in [-0.1, -0.05) is 0 Å². The third kappa shape index (κ3) is 2.96. The lowest BCUT2D eigenvalue weighted by Crippen LogP contribution is -2.60. The zero-order valence-corrected chi connectivity index (χ0v) is 9.96. The minimum atomic E-state index is -1.48. The van der Waals surface area contributed by atoms with E-state index in [0.29, 0.717) is 5.75 Å². The maximum atomic E-state index is 9.75. The van der Waals surface area contributed by atoms with E-state index >= 15 is 0 Å². The van der Waals surface area contributed by atoms with Crippen LogP contribution in [0, 0.1) is 0 Å². The number of benzene rings is 1. The highest BCUT2D eigenvalue weighted by Gasteiger charge is 2.44. The second kappa shape index (κ2) is 5.72. The molecule has 1 saturated heterocycles. The Labute approximate surface area is 109 Å². The number of phenols is 1. The van der Waals surface area contributed by atoms with Gasteiger partial charge in [0.2, 0.25) is 6.29 Å². The van der Waals surface area contributed by atoms with Crippen molar-refractivity contribution in [2.24, 2.45) is 0 Å². The van der Waals surface area contributed by atoms with Crippen molar-refractivity contribution < 1.29 is 35.0 Å². The Bertz CT molecular complexity index is 405. The second-order valence-electron chi connectivity index (χ2n) is 4.31. The van der Waals surface area contributed by atoms with Crippen LogP contribution in [0.15, 0.2) is 24.3 Å². The minimum Gasteiger partial charge on any atom is -0.508 e. The standard InChI is InChI=1S/C12H16O7/c13-5-8-9(15)10(16)11(17)12(19-8)18-7-3-1-6(14)2-4-7/h1-4,8-17H,5H2/t8-,9+,10+,11-,12-/m1/s1. The monoisotopic (exact) mass is 272 g/mol. The molecule has 1 aromatic rings. The van der Waals surface area contributed by atoms with Crippen LogP contribution in [0.5, 0.6) is 11.5 Å². The van der Waals surface area contributed by atoms with Crippen molar-refractivity contribution in [3.63, 3.8) is 0 Å². The fourth-order valence-electron chi connectivity index (χ4n) is 1.82. The number of aliphatic hydroxyl groups is 4. The second-order valence-corrected chi connectivity index (χ2v) is 4.31. The highest BCUT2D eigenvalue weighted by molar-refractivity contribution is 5.30. The van der Waals surface area contributed by atoms with Gasteiger partial charge in [-0.2, -0.15) is 0 Å². The summed E-state index contributed by atoms with van der Waals surface area (Å²) in [5.74, 6) is 0.364. The van der Waals surface area contributed by atoms with Crippen LogP contribution in [0.25, 0.3) is 0 Å². The molecular formula is C12H16O7. The summed E-state index contributed by atoms with van der Waals surface area (Å²) >= 11 is 0. The molecule has 0 unspecified atom stereocenters. The fraction of sp³-hybridized carbons (Fsp3) is 0.500. The Kier molecular flexibility index (Phi) is 4.23. The molecular weight excluding hydrogens is 256 g/mol. The van der Waals surface area contributed by atoms with Gasteiger partial charge in [-0.05, 0) is 24.3 Å². The van der Waals surface area contributed by atoms with Gasteiger partial charge in [-0.25, -0.2) is 0 Å². The number of hydrogen-bond donors (Lipinski definition) is 5.